The number of esters is 1. The number of carbonyl (C=O) groups excluding carboxylic acids is 1. The van der Waals surface area contributed by atoms with Gasteiger partial charge in [0, 0.05) is 25.2 Å². The maximum absolute atomic E-state index is 11.5. The van der Waals surface area contributed by atoms with Gasteiger partial charge in [0.1, 0.15) is 23.2 Å². The highest BCUT2D eigenvalue weighted by atomic mass is 35.5. The molecule has 1 saturated heterocycles. The van der Waals surface area contributed by atoms with E-state index in [9.17, 15) is 14.9 Å². The first-order valence-corrected chi connectivity index (χ1v) is 11.0. The van der Waals surface area contributed by atoms with Gasteiger partial charge < -0.3 is 25.3 Å². The van der Waals surface area contributed by atoms with Gasteiger partial charge in [-0.15, -0.1) is 0 Å². The fourth-order valence-electron chi connectivity index (χ4n) is 3.51. The minimum atomic E-state index is -0.612. The summed E-state index contributed by atoms with van der Waals surface area (Å²) in [6.45, 7) is 4.15. The molecule has 3 N–H and O–H groups in total. The highest BCUT2D eigenvalue weighted by molar-refractivity contribution is 6.29. The van der Waals surface area contributed by atoms with Gasteiger partial charge in [0.15, 0.2) is 5.65 Å². The molecule has 0 bridgehead atoms. The summed E-state index contributed by atoms with van der Waals surface area (Å²) in [4.78, 5) is 41.3. The quantitative estimate of drug-likeness (QED) is 0.227. The third-order valence-electron chi connectivity index (χ3n) is 5.28. The molecule has 0 radical (unpaired) electrons. The lowest BCUT2D eigenvalue weighted by molar-refractivity contribution is -0.384. The van der Waals surface area contributed by atoms with Crippen LogP contribution in [0.2, 0.25) is 5.15 Å². The monoisotopic (exact) mass is 490 g/mol. The highest BCUT2D eigenvalue weighted by Gasteiger charge is 2.25. The molecule has 13 heteroatoms. The van der Waals surface area contributed by atoms with Crippen LogP contribution in [0.1, 0.15) is 19.2 Å². The van der Waals surface area contributed by atoms with E-state index in [1.165, 1.54) is 12.1 Å². The number of hydrogen-bond acceptors (Lipinski definition) is 10. The van der Waals surface area contributed by atoms with Crippen molar-refractivity contribution in [2.45, 2.75) is 25.8 Å². The molecule has 0 spiro atoms. The van der Waals surface area contributed by atoms with Gasteiger partial charge in [0.25, 0.3) is 0 Å². The zero-order valence-corrected chi connectivity index (χ0v) is 19.9. The lowest BCUT2D eigenvalue weighted by Gasteiger charge is -2.20. The molecule has 1 aliphatic heterocycles. The summed E-state index contributed by atoms with van der Waals surface area (Å²) in [5.74, 6) is 1.09. The van der Waals surface area contributed by atoms with Crippen molar-refractivity contribution in [3.05, 3.63) is 45.4 Å². The van der Waals surface area contributed by atoms with Crippen molar-refractivity contribution in [1.82, 2.24) is 24.8 Å². The van der Waals surface area contributed by atoms with E-state index in [1.807, 2.05) is 12.1 Å². The molecule has 4 rings (SSSR count). The third kappa shape index (κ3) is 6.29. The van der Waals surface area contributed by atoms with Crippen LogP contribution >= 0.6 is 11.6 Å². The number of nitrogens with zero attached hydrogens (tertiary/aromatic N) is 6. The molecule has 3 aromatic heterocycles. The zero-order chi connectivity index (χ0) is 24.8. The summed E-state index contributed by atoms with van der Waals surface area (Å²) in [5.41, 5.74) is 6.45. The first-order chi connectivity index (χ1) is 16.2. The van der Waals surface area contributed by atoms with E-state index >= 15 is 0 Å². The van der Waals surface area contributed by atoms with Crippen LogP contribution in [0.25, 0.3) is 11.2 Å². The molecule has 1 atom stereocenters. The topological polar surface area (TPSA) is 156 Å². The first kappa shape index (κ1) is 25.1. The van der Waals surface area contributed by atoms with Crippen LogP contribution in [0.4, 0.5) is 17.3 Å². The second-order valence-electron chi connectivity index (χ2n) is 7.85. The summed E-state index contributed by atoms with van der Waals surface area (Å²) in [7, 11) is 4.22. The Morgan fingerprint density at radius 2 is 2.09 bits per heavy atom. The van der Waals surface area contributed by atoms with E-state index in [4.69, 9.17) is 22.1 Å². The number of H-pyrrole nitrogens is 1. The Morgan fingerprint density at radius 1 is 1.32 bits per heavy atom. The number of aromatic nitrogens is 4. The number of aromatic amines is 1. The Balaban J connectivity index is 0.000000248. The molecule has 0 aliphatic carbocycles. The highest BCUT2D eigenvalue weighted by Crippen LogP contribution is 2.23. The molecule has 0 amide bonds. The van der Waals surface area contributed by atoms with Crippen molar-refractivity contribution in [2.24, 2.45) is 0 Å². The molecule has 4 heterocycles. The first-order valence-electron chi connectivity index (χ1n) is 10.7. The van der Waals surface area contributed by atoms with Gasteiger partial charge in [-0.2, -0.15) is 0 Å². The average Bonchev–Trinajstić information content (AvgIpc) is 3.40. The van der Waals surface area contributed by atoms with Crippen LogP contribution in [0.15, 0.2) is 24.3 Å². The average molecular weight is 491 g/mol. The van der Waals surface area contributed by atoms with E-state index in [2.05, 4.69) is 43.8 Å². The predicted octanol–water partition coefficient (Wildman–Crippen LogP) is 2.43. The van der Waals surface area contributed by atoms with Crippen LogP contribution in [0.3, 0.4) is 0 Å². The summed E-state index contributed by atoms with van der Waals surface area (Å²) in [5, 5.41) is 10.3. The van der Waals surface area contributed by atoms with E-state index in [-0.39, 0.29) is 29.0 Å². The fourth-order valence-corrected chi connectivity index (χ4v) is 3.66. The van der Waals surface area contributed by atoms with Crippen LogP contribution < -0.4 is 10.6 Å². The zero-order valence-electron chi connectivity index (χ0n) is 19.2. The van der Waals surface area contributed by atoms with E-state index in [0.29, 0.717) is 24.1 Å². The Hall–Kier alpha value is -3.51. The molecule has 0 saturated carbocycles. The Labute approximate surface area is 201 Å². The van der Waals surface area contributed by atoms with Gasteiger partial charge in [-0.05, 0) is 45.6 Å². The molecule has 182 valence electrons. The third-order valence-corrected chi connectivity index (χ3v) is 5.49. The normalized spacial score (nSPS) is 15.3. The number of nitro groups is 1. The number of halogens is 1. The van der Waals surface area contributed by atoms with Gasteiger partial charge in [0.05, 0.1) is 17.0 Å². The molecule has 1 aliphatic rings. The Bertz CT molecular complexity index is 1170. The van der Waals surface area contributed by atoms with Crippen LogP contribution in [-0.2, 0) is 16.0 Å². The molecule has 34 heavy (non-hydrogen) atoms. The van der Waals surface area contributed by atoms with Crippen LogP contribution in [0, 0.1) is 10.1 Å². The molecular weight excluding hydrogens is 464 g/mol. The number of imidazole rings is 1. The lowest BCUT2D eigenvalue weighted by atomic mass is 10.2. The maximum Gasteiger partial charge on any atom is 0.313 e. The van der Waals surface area contributed by atoms with Gasteiger partial charge in [0.2, 0.25) is 5.82 Å². The molecular formula is C21H27ClN8O4. The standard InChI is InChI=1S/C16H23N5O2.C5H4ClN3O2/c1-4-23-15(22)9-13-17-12-5-6-14(19-16(12)18-13)21-8-7-11(10-21)20(2)3;6-4-2-1-3(9(10)11)5(7)8-4/h5-6,11H,4,7-10H2,1-3H3,(H,17,18,19);1-2H,(H2,7,8). The molecule has 1 fully saturated rings. The van der Waals surface area contributed by atoms with Crippen molar-refractivity contribution in [3.63, 3.8) is 0 Å². The molecule has 1 unspecified atom stereocenters. The van der Waals surface area contributed by atoms with Gasteiger partial charge in [-0.1, -0.05) is 11.6 Å². The van der Waals surface area contributed by atoms with Crippen molar-refractivity contribution in [3.8, 4) is 0 Å². The molecule has 3 aromatic rings. The predicted molar refractivity (Wildman–Crippen MR) is 129 cm³/mol. The van der Waals surface area contributed by atoms with Crippen molar-refractivity contribution < 1.29 is 14.5 Å². The number of anilines is 2. The largest absolute Gasteiger partial charge is 0.466 e. The van der Waals surface area contributed by atoms with Crippen molar-refractivity contribution in [2.75, 3.05) is 44.4 Å². The second kappa shape index (κ2) is 11.1. The van der Waals surface area contributed by atoms with Gasteiger partial charge >= 0.3 is 11.7 Å². The fraction of sp³-hybridized carbons (Fsp3) is 0.429. The van der Waals surface area contributed by atoms with E-state index < -0.39 is 4.92 Å². The molecule has 12 nitrogen and oxygen atoms in total. The minimum absolute atomic E-state index is 0.145. The number of pyridine rings is 2. The summed E-state index contributed by atoms with van der Waals surface area (Å²) >= 11 is 5.41. The lowest BCUT2D eigenvalue weighted by Crippen LogP contribution is -2.31. The number of fused-ring (bicyclic) bond motifs is 1. The number of nitrogens with one attached hydrogen (secondary N) is 1. The van der Waals surface area contributed by atoms with E-state index in [1.54, 1.807) is 6.92 Å². The number of nitrogen functional groups attached to an aromatic ring is 1. The summed E-state index contributed by atoms with van der Waals surface area (Å²) < 4.78 is 4.95. The Morgan fingerprint density at radius 3 is 2.71 bits per heavy atom. The van der Waals surface area contributed by atoms with Gasteiger partial charge in [-0.25, -0.2) is 15.0 Å². The number of nitrogens with two attached hydrogens (primary N) is 1. The number of hydrogen-bond donors (Lipinski definition) is 2. The second-order valence-corrected chi connectivity index (χ2v) is 8.24. The number of likely N-dealkylation sites (N-methyl/N-ethyl adjacent to an activating group) is 1. The van der Waals surface area contributed by atoms with Crippen LogP contribution in [-0.4, -0.2) is 75.6 Å². The van der Waals surface area contributed by atoms with Crippen LogP contribution in [0.5, 0.6) is 0 Å². The minimum Gasteiger partial charge on any atom is -0.466 e. The number of rotatable bonds is 6. The smallest absolute Gasteiger partial charge is 0.313 e. The van der Waals surface area contributed by atoms with Gasteiger partial charge in [-0.3, -0.25) is 14.9 Å². The maximum atomic E-state index is 11.5. The summed E-state index contributed by atoms with van der Waals surface area (Å²) in [6.07, 6.45) is 1.29. The SMILES string of the molecule is CCOC(=O)Cc1nc2nc(N3CCC(N(C)C)C3)ccc2[nH]1.Nc1nc(Cl)ccc1[N+](=O)[O-]. The van der Waals surface area contributed by atoms with Crippen molar-refractivity contribution in [1.29, 1.82) is 0 Å². The van der Waals surface area contributed by atoms with E-state index in [0.717, 1.165) is 30.8 Å². The Kier molecular flexibility index (Phi) is 8.18. The van der Waals surface area contributed by atoms with Crippen molar-refractivity contribution >= 4 is 46.1 Å². The summed E-state index contributed by atoms with van der Waals surface area (Å²) in [6, 6.07) is 7.07. The molecule has 0 aromatic carbocycles. The number of carbonyl (C=O) groups is 1. The number of ether oxygens (including phenoxy) is 1.